The lowest BCUT2D eigenvalue weighted by Gasteiger charge is -2.20. The molecule has 4 rings (SSSR count). The van der Waals surface area contributed by atoms with Gasteiger partial charge in [0, 0.05) is 11.3 Å². The number of nitrogens with zero attached hydrogens (tertiary/aromatic N) is 2. The summed E-state index contributed by atoms with van der Waals surface area (Å²) >= 11 is 3.17. The van der Waals surface area contributed by atoms with Crippen molar-refractivity contribution in [3.63, 3.8) is 0 Å². The molecule has 0 spiro atoms. The molecule has 1 aliphatic heterocycles. The van der Waals surface area contributed by atoms with Gasteiger partial charge in [-0.3, -0.25) is 9.59 Å². The van der Waals surface area contributed by atoms with Crippen molar-refractivity contribution in [1.29, 1.82) is 0 Å². The van der Waals surface area contributed by atoms with Gasteiger partial charge in [-0.2, -0.15) is 5.10 Å². The first-order chi connectivity index (χ1) is 15.6. The number of hydrogen-bond donors (Lipinski definition) is 0. The third-order valence-corrected chi connectivity index (χ3v) is 6.89. The standard InChI is InChI=1S/C23H22N2O5S2/c1-28-18-8-7-15(11-19(18)29-2)12-23(27)30-14-22(26)25-17(21-6-4-10-32-21)13-16(24-25)20-5-3-9-31-20/h3-11,17H,12-14H2,1-2H3. The minimum atomic E-state index is -0.500. The van der Waals surface area contributed by atoms with E-state index >= 15 is 0 Å². The Labute approximate surface area is 193 Å². The van der Waals surface area contributed by atoms with Crippen LogP contribution in [0.2, 0.25) is 0 Å². The van der Waals surface area contributed by atoms with Crippen LogP contribution in [0.4, 0.5) is 0 Å². The number of carbonyl (C=O) groups is 2. The summed E-state index contributed by atoms with van der Waals surface area (Å²) in [6, 6.07) is 12.9. The summed E-state index contributed by atoms with van der Waals surface area (Å²) in [4.78, 5) is 27.4. The van der Waals surface area contributed by atoms with Crippen LogP contribution in [0.3, 0.4) is 0 Å². The molecule has 2 aromatic heterocycles. The van der Waals surface area contributed by atoms with Gasteiger partial charge >= 0.3 is 5.97 Å². The van der Waals surface area contributed by atoms with Gasteiger partial charge in [-0.25, -0.2) is 5.01 Å². The number of rotatable bonds is 8. The molecule has 1 aromatic carbocycles. The quantitative estimate of drug-likeness (QED) is 0.459. The van der Waals surface area contributed by atoms with Crippen molar-refractivity contribution in [2.45, 2.75) is 18.9 Å². The Morgan fingerprint density at radius 3 is 2.53 bits per heavy atom. The SMILES string of the molecule is COc1ccc(CC(=O)OCC(=O)N2N=C(c3cccs3)CC2c2cccs2)cc1OC. The van der Waals surface area contributed by atoms with Crippen molar-refractivity contribution >= 4 is 40.3 Å². The van der Waals surface area contributed by atoms with Crippen LogP contribution in [-0.2, 0) is 20.7 Å². The fourth-order valence-electron chi connectivity index (χ4n) is 3.45. The molecule has 32 heavy (non-hydrogen) atoms. The van der Waals surface area contributed by atoms with Crippen LogP contribution >= 0.6 is 22.7 Å². The monoisotopic (exact) mass is 470 g/mol. The van der Waals surface area contributed by atoms with Crippen molar-refractivity contribution in [2.75, 3.05) is 20.8 Å². The zero-order valence-corrected chi connectivity index (χ0v) is 19.3. The highest BCUT2D eigenvalue weighted by Crippen LogP contribution is 2.36. The zero-order valence-electron chi connectivity index (χ0n) is 17.6. The number of hydrogen-bond acceptors (Lipinski definition) is 8. The second kappa shape index (κ2) is 9.97. The first-order valence-electron chi connectivity index (χ1n) is 9.92. The lowest BCUT2D eigenvalue weighted by molar-refractivity contribution is -0.152. The van der Waals surface area contributed by atoms with Gasteiger partial charge in [0.15, 0.2) is 18.1 Å². The maximum Gasteiger partial charge on any atom is 0.310 e. The first-order valence-corrected chi connectivity index (χ1v) is 11.7. The van der Waals surface area contributed by atoms with Crippen LogP contribution in [-0.4, -0.2) is 43.4 Å². The summed E-state index contributed by atoms with van der Waals surface area (Å²) in [6.45, 7) is -0.366. The van der Waals surface area contributed by atoms with Crippen LogP contribution < -0.4 is 9.47 Å². The average molecular weight is 471 g/mol. The molecule has 3 aromatic rings. The lowest BCUT2D eigenvalue weighted by atomic mass is 10.1. The van der Waals surface area contributed by atoms with E-state index in [1.54, 1.807) is 48.0 Å². The highest BCUT2D eigenvalue weighted by molar-refractivity contribution is 7.12. The Kier molecular flexibility index (Phi) is 6.87. The van der Waals surface area contributed by atoms with Gasteiger partial charge in [0.1, 0.15) is 0 Å². The molecular formula is C23H22N2O5S2. The van der Waals surface area contributed by atoms with Crippen LogP contribution in [0.15, 0.2) is 58.3 Å². The zero-order chi connectivity index (χ0) is 22.5. The number of benzene rings is 1. The molecule has 0 fully saturated rings. The number of carbonyl (C=O) groups excluding carboxylic acids is 2. The number of thiophene rings is 2. The summed E-state index contributed by atoms with van der Waals surface area (Å²) in [5.41, 5.74) is 1.57. The van der Waals surface area contributed by atoms with E-state index in [1.165, 1.54) is 12.1 Å². The first kappa shape index (κ1) is 22.0. The Bertz CT molecular complexity index is 1110. The molecule has 3 heterocycles. The van der Waals surface area contributed by atoms with Crippen molar-refractivity contribution < 1.29 is 23.8 Å². The fourth-order valence-corrected chi connectivity index (χ4v) is 4.98. The van der Waals surface area contributed by atoms with E-state index in [-0.39, 0.29) is 25.0 Å². The molecule has 166 valence electrons. The normalized spacial score (nSPS) is 15.4. The summed E-state index contributed by atoms with van der Waals surface area (Å²) in [5.74, 6) is 0.253. The van der Waals surface area contributed by atoms with Gasteiger partial charge in [-0.1, -0.05) is 18.2 Å². The topological polar surface area (TPSA) is 77.4 Å². The molecule has 7 nitrogen and oxygen atoms in total. The summed E-state index contributed by atoms with van der Waals surface area (Å²) in [6.07, 6.45) is 0.651. The van der Waals surface area contributed by atoms with Crippen molar-refractivity contribution in [1.82, 2.24) is 5.01 Å². The van der Waals surface area contributed by atoms with E-state index in [0.717, 1.165) is 15.5 Å². The highest BCUT2D eigenvalue weighted by atomic mass is 32.1. The molecule has 1 amide bonds. The lowest BCUT2D eigenvalue weighted by Crippen LogP contribution is -2.31. The smallest absolute Gasteiger partial charge is 0.310 e. The maximum absolute atomic E-state index is 12.9. The molecule has 1 unspecified atom stereocenters. The van der Waals surface area contributed by atoms with Gasteiger partial charge in [-0.05, 0) is 40.6 Å². The summed E-state index contributed by atoms with van der Waals surface area (Å²) < 4.78 is 15.7. The van der Waals surface area contributed by atoms with E-state index < -0.39 is 5.97 Å². The molecule has 1 aliphatic rings. The Balaban J connectivity index is 1.41. The van der Waals surface area contributed by atoms with E-state index in [2.05, 4.69) is 5.10 Å². The van der Waals surface area contributed by atoms with E-state index in [4.69, 9.17) is 14.2 Å². The Morgan fingerprint density at radius 2 is 1.84 bits per heavy atom. The number of hydrazone groups is 1. The van der Waals surface area contributed by atoms with E-state index in [9.17, 15) is 9.59 Å². The fraction of sp³-hybridized carbons (Fsp3) is 0.261. The predicted octanol–water partition coefficient (Wildman–Crippen LogP) is 4.29. The minimum absolute atomic E-state index is 0.0195. The maximum atomic E-state index is 12.9. The van der Waals surface area contributed by atoms with E-state index in [0.29, 0.717) is 23.5 Å². The molecule has 0 aliphatic carbocycles. The van der Waals surface area contributed by atoms with Crippen LogP contribution in [0.5, 0.6) is 11.5 Å². The molecular weight excluding hydrogens is 448 g/mol. The molecule has 1 atom stereocenters. The Morgan fingerprint density at radius 1 is 1.06 bits per heavy atom. The van der Waals surface area contributed by atoms with Gasteiger partial charge in [0.25, 0.3) is 5.91 Å². The molecule has 0 N–H and O–H groups in total. The number of ether oxygens (including phenoxy) is 3. The van der Waals surface area contributed by atoms with Gasteiger partial charge in [0.2, 0.25) is 0 Å². The number of esters is 1. The van der Waals surface area contributed by atoms with Crippen molar-refractivity contribution in [3.8, 4) is 11.5 Å². The van der Waals surface area contributed by atoms with Crippen LogP contribution in [0.1, 0.15) is 27.8 Å². The van der Waals surface area contributed by atoms with Gasteiger partial charge in [0.05, 0.1) is 37.3 Å². The number of methoxy groups -OCH3 is 2. The molecule has 9 heteroatoms. The highest BCUT2D eigenvalue weighted by Gasteiger charge is 2.34. The van der Waals surface area contributed by atoms with Crippen molar-refractivity contribution in [2.24, 2.45) is 5.10 Å². The summed E-state index contributed by atoms with van der Waals surface area (Å²) in [7, 11) is 3.08. The largest absolute Gasteiger partial charge is 0.493 e. The van der Waals surface area contributed by atoms with Gasteiger partial charge < -0.3 is 14.2 Å². The predicted molar refractivity (Wildman–Crippen MR) is 124 cm³/mol. The van der Waals surface area contributed by atoms with Gasteiger partial charge in [-0.15, -0.1) is 22.7 Å². The van der Waals surface area contributed by atoms with Crippen molar-refractivity contribution in [3.05, 3.63) is 68.5 Å². The minimum Gasteiger partial charge on any atom is -0.493 e. The molecule has 0 bridgehead atoms. The van der Waals surface area contributed by atoms with E-state index in [1.807, 2.05) is 35.0 Å². The molecule has 0 saturated carbocycles. The third-order valence-electron chi connectivity index (χ3n) is 5.00. The third kappa shape index (κ3) is 4.84. The van der Waals surface area contributed by atoms with Crippen LogP contribution in [0.25, 0.3) is 0 Å². The summed E-state index contributed by atoms with van der Waals surface area (Å²) in [5, 5.41) is 9.98. The number of amides is 1. The van der Waals surface area contributed by atoms with Crippen LogP contribution in [0, 0.1) is 0 Å². The second-order valence-corrected chi connectivity index (χ2v) is 8.95. The molecule has 0 radical (unpaired) electrons. The average Bonchev–Trinajstić information content (AvgIpc) is 3.57. The second-order valence-electron chi connectivity index (χ2n) is 7.02. The Hall–Kier alpha value is -3.17. The molecule has 0 saturated heterocycles.